The van der Waals surface area contributed by atoms with E-state index >= 15 is 0 Å². The molecular formula is C14H22N4S. The third-order valence-corrected chi connectivity index (χ3v) is 4.22. The van der Waals surface area contributed by atoms with Crippen molar-refractivity contribution in [1.82, 2.24) is 14.8 Å². The summed E-state index contributed by atoms with van der Waals surface area (Å²) in [6.07, 6.45) is 5.02. The lowest BCUT2D eigenvalue weighted by Crippen LogP contribution is -2.15. The number of nitrogens with two attached hydrogens (primary N) is 1. The Morgan fingerprint density at radius 2 is 2.11 bits per heavy atom. The first-order chi connectivity index (χ1) is 9.13. The maximum Gasteiger partial charge on any atom is 0.0898 e. The molecule has 19 heavy (non-hydrogen) atoms. The van der Waals surface area contributed by atoms with Crippen molar-refractivity contribution in [3.05, 3.63) is 34.0 Å². The molecule has 104 valence electrons. The topological polar surface area (TPSA) is 56.7 Å². The van der Waals surface area contributed by atoms with E-state index in [9.17, 15) is 0 Å². The fraction of sp³-hybridized carbons (Fsp3) is 0.571. The summed E-state index contributed by atoms with van der Waals surface area (Å²) in [5, 5.41) is 7.74. The van der Waals surface area contributed by atoms with E-state index < -0.39 is 0 Å². The molecule has 0 aliphatic rings. The minimum absolute atomic E-state index is 0.0602. The summed E-state index contributed by atoms with van der Waals surface area (Å²) in [6.45, 7) is 6.39. The van der Waals surface area contributed by atoms with E-state index in [1.807, 2.05) is 12.3 Å². The van der Waals surface area contributed by atoms with Crippen LogP contribution in [0.1, 0.15) is 55.2 Å². The number of aromatic nitrogens is 3. The van der Waals surface area contributed by atoms with Gasteiger partial charge in [-0.3, -0.25) is 4.68 Å². The standard InChI is InChI=1S/C14H22N4S/c1-4-12(5-2)18-7-6-11(17-18)8-13(15)14-9-19-10(3)16-14/h6-7,9,12-13H,4-5,8,15H2,1-3H3. The Kier molecular flexibility index (Phi) is 4.71. The van der Waals surface area contributed by atoms with E-state index in [-0.39, 0.29) is 6.04 Å². The highest BCUT2D eigenvalue weighted by Crippen LogP contribution is 2.19. The summed E-state index contributed by atoms with van der Waals surface area (Å²) in [5.74, 6) is 0. The highest BCUT2D eigenvalue weighted by atomic mass is 32.1. The van der Waals surface area contributed by atoms with E-state index in [1.54, 1.807) is 11.3 Å². The van der Waals surface area contributed by atoms with Crippen LogP contribution in [0.3, 0.4) is 0 Å². The highest BCUT2D eigenvalue weighted by Gasteiger charge is 2.13. The van der Waals surface area contributed by atoms with Crippen LogP contribution in [0.4, 0.5) is 0 Å². The molecule has 0 amide bonds. The number of nitrogens with zero attached hydrogens (tertiary/aromatic N) is 3. The zero-order valence-corrected chi connectivity index (χ0v) is 12.7. The van der Waals surface area contributed by atoms with Gasteiger partial charge in [-0.15, -0.1) is 11.3 Å². The lowest BCUT2D eigenvalue weighted by atomic mass is 10.1. The maximum atomic E-state index is 6.19. The van der Waals surface area contributed by atoms with Crippen LogP contribution >= 0.6 is 11.3 Å². The van der Waals surface area contributed by atoms with Crippen LogP contribution in [0.15, 0.2) is 17.6 Å². The van der Waals surface area contributed by atoms with Gasteiger partial charge in [0.1, 0.15) is 0 Å². The number of aryl methyl sites for hydroxylation is 1. The van der Waals surface area contributed by atoms with E-state index in [0.29, 0.717) is 6.04 Å². The quantitative estimate of drug-likeness (QED) is 0.882. The second kappa shape index (κ2) is 6.30. The second-order valence-corrected chi connectivity index (χ2v) is 5.92. The molecule has 2 N–H and O–H groups in total. The molecule has 2 aromatic heterocycles. The Bertz CT molecular complexity index is 513. The average Bonchev–Trinajstić information content (AvgIpc) is 3.00. The van der Waals surface area contributed by atoms with Crippen LogP contribution in [-0.4, -0.2) is 14.8 Å². The molecule has 0 saturated heterocycles. The van der Waals surface area contributed by atoms with Crippen molar-refractivity contribution in [2.24, 2.45) is 5.73 Å². The fourth-order valence-electron chi connectivity index (χ4n) is 2.23. The molecule has 0 fully saturated rings. The maximum absolute atomic E-state index is 6.19. The normalized spacial score (nSPS) is 13.1. The minimum atomic E-state index is -0.0602. The molecule has 1 atom stereocenters. The SMILES string of the molecule is CCC(CC)n1ccc(CC(N)c2csc(C)n2)n1. The molecule has 1 unspecified atom stereocenters. The molecule has 4 nitrogen and oxygen atoms in total. The van der Waals surface area contributed by atoms with E-state index in [0.717, 1.165) is 35.7 Å². The van der Waals surface area contributed by atoms with Gasteiger partial charge in [0.25, 0.3) is 0 Å². The van der Waals surface area contributed by atoms with Crippen molar-refractivity contribution in [3.8, 4) is 0 Å². The van der Waals surface area contributed by atoms with Gasteiger partial charge in [-0.2, -0.15) is 5.10 Å². The summed E-state index contributed by atoms with van der Waals surface area (Å²) in [6, 6.07) is 2.50. The molecule has 0 saturated carbocycles. The van der Waals surface area contributed by atoms with Crippen LogP contribution in [0.5, 0.6) is 0 Å². The predicted octanol–water partition coefficient (Wildman–Crippen LogP) is 3.25. The average molecular weight is 278 g/mol. The first-order valence-corrected chi connectivity index (χ1v) is 7.73. The minimum Gasteiger partial charge on any atom is -0.322 e. The largest absolute Gasteiger partial charge is 0.322 e. The number of hydrogen-bond acceptors (Lipinski definition) is 4. The van der Waals surface area contributed by atoms with Crippen LogP contribution in [0.25, 0.3) is 0 Å². The summed E-state index contributed by atoms with van der Waals surface area (Å²) >= 11 is 1.64. The van der Waals surface area contributed by atoms with E-state index in [2.05, 4.69) is 40.9 Å². The van der Waals surface area contributed by atoms with Gasteiger partial charge in [0.05, 0.1) is 28.5 Å². The molecule has 2 aromatic rings. The van der Waals surface area contributed by atoms with Gasteiger partial charge in [-0.25, -0.2) is 4.98 Å². The van der Waals surface area contributed by atoms with Gasteiger partial charge in [0.2, 0.25) is 0 Å². The molecule has 2 rings (SSSR count). The third kappa shape index (κ3) is 3.42. The van der Waals surface area contributed by atoms with Crippen LogP contribution in [-0.2, 0) is 6.42 Å². The molecule has 0 aliphatic carbocycles. The van der Waals surface area contributed by atoms with Gasteiger partial charge >= 0.3 is 0 Å². The van der Waals surface area contributed by atoms with Gasteiger partial charge < -0.3 is 5.73 Å². The number of rotatable bonds is 6. The molecule has 0 aliphatic heterocycles. The summed E-state index contributed by atoms with van der Waals surface area (Å²) < 4.78 is 2.06. The smallest absolute Gasteiger partial charge is 0.0898 e. The molecule has 0 spiro atoms. The Balaban J connectivity index is 2.03. The Labute approximate surface area is 118 Å². The van der Waals surface area contributed by atoms with Gasteiger partial charge in [0.15, 0.2) is 0 Å². The summed E-state index contributed by atoms with van der Waals surface area (Å²) in [4.78, 5) is 4.44. The molecule has 0 radical (unpaired) electrons. The monoisotopic (exact) mass is 278 g/mol. The van der Waals surface area contributed by atoms with E-state index in [4.69, 9.17) is 5.73 Å². The van der Waals surface area contributed by atoms with Crippen molar-refractivity contribution in [1.29, 1.82) is 0 Å². The van der Waals surface area contributed by atoms with Gasteiger partial charge in [-0.05, 0) is 25.8 Å². The summed E-state index contributed by atoms with van der Waals surface area (Å²) in [5.41, 5.74) is 8.20. The van der Waals surface area contributed by atoms with Crippen LogP contribution in [0, 0.1) is 6.92 Å². The van der Waals surface area contributed by atoms with Crippen molar-refractivity contribution in [2.75, 3.05) is 0 Å². The lowest BCUT2D eigenvalue weighted by Gasteiger charge is -2.12. The molecular weight excluding hydrogens is 256 g/mol. The Hall–Kier alpha value is -1.20. The Morgan fingerprint density at radius 3 is 2.68 bits per heavy atom. The van der Waals surface area contributed by atoms with Crippen molar-refractivity contribution < 1.29 is 0 Å². The van der Waals surface area contributed by atoms with Crippen molar-refractivity contribution in [3.63, 3.8) is 0 Å². The third-order valence-electron chi connectivity index (χ3n) is 3.43. The van der Waals surface area contributed by atoms with Crippen molar-refractivity contribution in [2.45, 2.75) is 52.1 Å². The first-order valence-electron chi connectivity index (χ1n) is 6.85. The van der Waals surface area contributed by atoms with Crippen LogP contribution < -0.4 is 5.73 Å². The van der Waals surface area contributed by atoms with Gasteiger partial charge in [0, 0.05) is 18.0 Å². The highest BCUT2D eigenvalue weighted by molar-refractivity contribution is 7.09. The number of hydrogen-bond donors (Lipinski definition) is 1. The van der Waals surface area contributed by atoms with Crippen LogP contribution in [0.2, 0.25) is 0 Å². The second-order valence-electron chi connectivity index (χ2n) is 4.86. The van der Waals surface area contributed by atoms with Gasteiger partial charge in [-0.1, -0.05) is 13.8 Å². The fourth-order valence-corrected chi connectivity index (χ4v) is 2.91. The molecule has 0 aromatic carbocycles. The Morgan fingerprint density at radius 1 is 1.37 bits per heavy atom. The number of thiazole rings is 1. The molecule has 2 heterocycles. The predicted molar refractivity (Wildman–Crippen MR) is 79.3 cm³/mol. The van der Waals surface area contributed by atoms with E-state index in [1.165, 1.54) is 0 Å². The van der Waals surface area contributed by atoms with Crippen molar-refractivity contribution >= 4 is 11.3 Å². The zero-order valence-electron chi connectivity index (χ0n) is 11.8. The first kappa shape index (κ1) is 14.2. The molecule has 0 bridgehead atoms. The molecule has 5 heteroatoms. The zero-order chi connectivity index (χ0) is 13.8. The lowest BCUT2D eigenvalue weighted by molar-refractivity contribution is 0.424. The summed E-state index contributed by atoms with van der Waals surface area (Å²) in [7, 11) is 0.